The quantitative estimate of drug-likeness (QED) is 0.341. The summed E-state index contributed by atoms with van der Waals surface area (Å²) in [6.07, 6.45) is 0.910. The number of carbonyl (C=O) groups excluding carboxylic acids is 1. The van der Waals surface area contributed by atoms with Gasteiger partial charge in [-0.2, -0.15) is 0 Å². The molecule has 1 amide bonds. The average molecular weight is 476 g/mol. The lowest BCUT2D eigenvalue weighted by Crippen LogP contribution is -3.14. The predicted octanol–water partition coefficient (Wildman–Crippen LogP) is 2.44. The van der Waals surface area contributed by atoms with Crippen molar-refractivity contribution in [2.75, 3.05) is 53.6 Å². The van der Waals surface area contributed by atoms with Crippen LogP contribution in [0.3, 0.4) is 0 Å². The topological polar surface area (TPSA) is 89.9 Å². The molecule has 2 aromatic carbocycles. The van der Waals surface area contributed by atoms with Gasteiger partial charge in [0.05, 0.1) is 45.2 Å². The van der Waals surface area contributed by atoms with Crippen LogP contribution in [0.1, 0.15) is 16.9 Å². The number of carbonyl (C=O) groups is 1. The molecule has 0 radical (unpaired) electrons. The zero-order valence-electron chi connectivity index (χ0n) is 20.1. The number of nitrogens with zero attached hydrogens (tertiary/aromatic N) is 1. The van der Waals surface area contributed by atoms with Crippen molar-refractivity contribution in [3.63, 3.8) is 0 Å². The Labute approximate surface area is 204 Å². The molecule has 1 aliphatic heterocycles. The summed E-state index contributed by atoms with van der Waals surface area (Å²) in [5, 5.41) is 5.04. The maximum atomic E-state index is 13.2. The Morgan fingerprint density at radius 2 is 1.91 bits per heavy atom. The van der Waals surface area contributed by atoms with Crippen LogP contribution in [-0.2, 0) is 4.74 Å². The first-order valence-corrected chi connectivity index (χ1v) is 12.0. The average Bonchev–Trinajstić information content (AvgIpc) is 3.29. The fourth-order valence-corrected chi connectivity index (χ4v) is 4.70. The number of para-hydroxylation sites is 1. The highest BCUT2D eigenvalue weighted by atomic mass is 16.5. The Hall–Kier alpha value is -3.62. The van der Waals surface area contributed by atoms with Crippen molar-refractivity contribution in [2.45, 2.75) is 6.42 Å². The summed E-state index contributed by atoms with van der Waals surface area (Å²) in [6.45, 7) is 5.30. The van der Waals surface area contributed by atoms with Crippen LogP contribution in [0, 0.1) is 0 Å². The molecule has 8 nitrogen and oxygen atoms in total. The third-order valence-corrected chi connectivity index (χ3v) is 6.58. The molecule has 3 heterocycles. The minimum atomic E-state index is -0.183. The van der Waals surface area contributed by atoms with Crippen LogP contribution in [0.5, 0.6) is 11.5 Å². The van der Waals surface area contributed by atoms with E-state index in [9.17, 15) is 4.79 Å². The summed E-state index contributed by atoms with van der Waals surface area (Å²) in [5.41, 5.74) is 3.62. The number of aromatic nitrogens is 2. The highest BCUT2D eigenvalue weighted by Crippen LogP contribution is 2.38. The molecule has 0 bridgehead atoms. The number of aromatic amines is 1. The van der Waals surface area contributed by atoms with Gasteiger partial charge < -0.3 is 29.4 Å². The van der Waals surface area contributed by atoms with E-state index in [0.717, 1.165) is 66.6 Å². The van der Waals surface area contributed by atoms with Gasteiger partial charge in [-0.05, 0) is 30.3 Å². The molecule has 0 aliphatic carbocycles. The van der Waals surface area contributed by atoms with Crippen LogP contribution in [0.4, 0.5) is 0 Å². The van der Waals surface area contributed by atoms with Crippen LogP contribution < -0.4 is 19.7 Å². The second-order valence-electron chi connectivity index (χ2n) is 8.74. The smallest absolute Gasteiger partial charge is 0.269 e. The van der Waals surface area contributed by atoms with Gasteiger partial charge in [-0.15, -0.1) is 0 Å². The van der Waals surface area contributed by atoms with Gasteiger partial charge in [0.1, 0.15) is 30.3 Å². The monoisotopic (exact) mass is 475 g/mol. The Morgan fingerprint density at radius 1 is 1.09 bits per heavy atom. The number of amides is 1. The Kier molecular flexibility index (Phi) is 6.83. The highest BCUT2D eigenvalue weighted by Gasteiger charge is 2.20. The number of quaternary nitrogens is 1. The van der Waals surface area contributed by atoms with E-state index >= 15 is 0 Å². The van der Waals surface area contributed by atoms with E-state index in [0.29, 0.717) is 29.4 Å². The number of hydrogen-bond donors (Lipinski definition) is 3. The first-order chi connectivity index (χ1) is 17.2. The summed E-state index contributed by atoms with van der Waals surface area (Å²) >= 11 is 0. The third-order valence-electron chi connectivity index (χ3n) is 6.58. The van der Waals surface area contributed by atoms with Crippen molar-refractivity contribution in [2.24, 2.45) is 0 Å². The van der Waals surface area contributed by atoms with Crippen LogP contribution in [-0.4, -0.2) is 69.5 Å². The second-order valence-corrected chi connectivity index (χ2v) is 8.74. The van der Waals surface area contributed by atoms with E-state index in [1.54, 1.807) is 14.2 Å². The minimum absolute atomic E-state index is 0.183. The summed E-state index contributed by atoms with van der Waals surface area (Å²) in [5.74, 6) is 1.16. The van der Waals surface area contributed by atoms with Crippen LogP contribution in [0.25, 0.3) is 33.1 Å². The third kappa shape index (κ3) is 4.80. The molecule has 4 aromatic rings. The van der Waals surface area contributed by atoms with E-state index in [4.69, 9.17) is 19.2 Å². The summed E-state index contributed by atoms with van der Waals surface area (Å²) in [7, 11) is 3.25. The van der Waals surface area contributed by atoms with Gasteiger partial charge in [0.2, 0.25) is 0 Å². The molecule has 35 heavy (non-hydrogen) atoms. The zero-order valence-corrected chi connectivity index (χ0v) is 20.1. The molecule has 8 heteroatoms. The number of hydrogen-bond acceptors (Lipinski definition) is 5. The van der Waals surface area contributed by atoms with E-state index < -0.39 is 0 Å². The SMILES string of the molecule is COc1ccc(OC)c(-c2nc(C(=O)NCCC[NH+]3CCOCC3)cc3c2[nH]c2ccccc23)c1. The molecule has 3 N–H and O–H groups in total. The van der Waals surface area contributed by atoms with Crippen molar-refractivity contribution >= 4 is 27.7 Å². The predicted molar refractivity (Wildman–Crippen MR) is 135 cm³/mol. The number of benzene rings is 2. The second kappa shape index (κ2) is 10.3. The van der Waals surface area contributed by atoms with Gasteiger partial charge in [0.25, 0.3) is 5.91 Å². The highest BCUT2D eigenvalue weighted by molar-refractivity contribution is 6.13. The molecule has 1 saturated heterocycles. The van der Waals surface area contributed by atoms with E-state index in [-0.39, 0.29) is 5.91 Å². The van der Waals surface area contributed by atoms with Crippen LogP contribution in [0.2, 0.25) is 0 Å². The maximum absolute atomic E-state index is 13.2. The lowest BCUT2D eigenvalue weighted by molar-refractivity contribution is -0.908. The largest absolute Gasteiger partial charge is 0.497 e. The molecule has 0 spiro atoms. The summed E-state index contributed by atoms with van der Waals surface area (Å²) in [6, 6.07) is 15.5. The van der Waals surface area contributed by atoms with Crippen molar-refractivity contribution in [3.05, 3.63) is 54.2 Å². The van der Waals surface area contributed by atoms with Gasteiger partial charge in [-0.25, -0.2) is 4.98 Å². The lowest BCUT2D eigenvalue weighted by atomic mass is 10.0. The maximum Gasteiger partial charge on any atom is 0.269 e. The number of rotatable bonds is 8. The van der Waals surface area contributed by atoms with Gasteiger partial charge >= 0.3 is 0 Å². The first kappa shape index (κ1) is 23.1. The number of pyridine rings is 1. The molecule has 0 atom stereocenters. The number of methoxy groups -OCH3 is 2. The molecule has 0 unspecified atom stereocenters. The normalized spacial score (nSPS) is 14.3. The molecule has 182 valence electrons. The van der Waals surface area contributed by atoms with Gasteiger partial charge in [0, 0.05) is 34.8 Å². The minimum Gasteiger partial charge on any atom is -0.497 e. The number of fused-ring (bicyclic) bond motifs is 3. The molecular formula is C27H31N4O4+. The van der Waals surface area contributed by atoms with Crippen LogP contribution >= 0.6 is 0 Å². The van der Waals surface area contributed by atoms with E-state index in [2.05, 4.69) is 10.3 Å². The Balaban J connectivity index is 1.49. The fraction of sp³-hybridized carbons (Fsp3) is 0.333. The number of ether oxygens (including phenoxy) is 3. The summed E-state index contributed by atoms with van der Waals surface area (Å²) < 4.78 is 16.5. The Bertz CT molecular complexity index is 1340. The van der Waals surface area contributed by atoms with Gasteiger partial charge in [-0.3, -0.25) is 4.79 Å². The molecule has 1 aliphatic rings. The lowest BCUT2D eigenvalue weighted by Gasteiger charge is -2.23. The fourth-order valence-electron chi connectivity index (χ4n) is 4.70. The van der Waals surface area contributed by atoms with Crippen molar-refractivity contribution in [3.8, 4) is 22.8 Å². The molecule has 0 saturated carbocycles. The molecular weight excluding hydrogens is 444 g/mol. The van der Waals surface area contributed by atoms with Gasteiger partial charge in [-0.1, -0.05) is 18.2 Å². The number of nitrogens with one attached hydrogen (secondary N) is 3. The number of morpholine rings is 1. The standard InChI is InChI=1S/C27H30N4O4/c1-33-18-8-9-24(34-2)21(16-18)26-25-20(19-6-3-4-7-22(19)29-25)17-23(30-26)27(32)28-10-5-11-31-12-14-35-15-13-31/h3-4,6-9,16-17,29H,5,10-15H2,1-2H3,(H,28,32)/p+1. The van der Waals surface area contributed by atoms with Crippen molar-refractivity contribution in [1.29, 1.82) is 0 Å². The zero-order chi connectivity index (χ0) is 24.2. The molecule has 5 rings (SSSR count). The Morgan fingerprint density at radius 3 is 2.71 bits per heavy atom. The molecule has 2 aromatic heterocycles. The van der Waals surface area contributed by atoms with E-state index in [1.807, 2.05) is 48.5 Å². The molecule has 1 fully saturated rings. The summed E-state index contributed by atoms with van der Waals surface area (Å²) in [4.78, 5) is 23.0. The van der Waals surface area contributed by atoms with Crippen molar-refractivity contribution < 1.29 is 23.9 Å². The first-order valence-electron chi connectivity index (χ1n) is 12.0. The number of H-pyrrole nitrogens is 1. The van der Waals surface area contributed by atoms with E-state index in [1.165, 1.54) is 4.90 Å². The van der Waals surface area contributed by atoms with Crippen LogP contribution in [0.15, 0.2) is 48.5 Å². The van der Waals surface area contributed by atoms with Crippen molar-refractivity contribution in [1.82, 2.24) is 15.3 Å². The van der Waals surface area contributed by atoms with Gasteiger partial charge in [0.15, 0.2) is 0 Å².